The third-order valence-corrected chi connectivity index (χ3v) is 6.47. The zero-order chi connectivity index (χ0) is 21.8. The van der Waals surface area contributed by atoms with Gasteiger partial charge in [0.25, 0.3) is 5.56 Å². The van der Waals surface area contributed by atoms with E-state index >= 15 is 0 Å². The average molecular weight is 458 g/mol. The first-order chi connectivity index (χ1) is 15.1. The number of halogens is 1. The van der Waals surface area contributed by atoms with Crippen LogP contribution in [-0.4, -0.2) is 41.0 Å². The summed E-state index contributed by atoms with van der Waals surface area (Å²) >= 11 is 7.40. The Kier molecular flexibility index (Phi) is 6.95. The fourth-order valence-electron chi connectivity index (χ4n) is 3.75. The van der Waals surface area contributed by atoms with Gasteiger partial charge in [-0.05, 0) is 49.6 Å². The van der Waals surface area contributed by atoms with E-state index in [1.54, 1.807) is 22.8 Å². The number of carbonyl (C=O) groups is 1. The summed E-state index contributed by atoms with van der Waals surface area (Å²) in [7, 11) is 0. The van der Waals surface area contributed by atoms with Crippen LogP contribution in [0.2, 0.25) is 5.02 Å². The van der Waals surface area contributed by atoms with Crippen LogP contribution in [0.4, 0.5) is 5.69 Å². The highest BCUT2D eigenvalue weighted by molar-refractivity contribution is 7.99. The average Bonchev–Trinajstić information content (AvgIpc) is 3.20. The van der Waals surface area contributed by atoms with Crippen LogP contribution < -0.4 is 10.5 Å². The van der Waals surface area contributed by atoms with E-state index in [4.69, 9.17) is 16.3 Å². The highest BCUT2D eigenvalue weighted by Crippen LogP contribution is 2.29. The second-order valence-corrected chi connectivity index (χ2v) is 8.65. The lowest BCUT2D eigenvalue weighted by atomic mass is 10.2. The van der Waals surface area contributed by atoms with Crippen molar-refractivity contribution in [2.45, 2.75) is 31.5 Å². The summed E-state index contributed by atoms with van der Waals surface area (Å²) in [6, 6.07) is 13.1. The molecule has 0 radical (unpaired) electrons. The summed E-state index contributed by atoms with van der Waals surface area (Å²) in [5, 5.41) is 1.57. The minimum absolute atomic E-state index is 0.0104. The van der Waals surface area contributed by atoms with E-state index < -0.39 is 0 Å². The molecule has 1 amide bonds. The number of thioether (sulfide) groups is 1. The maximum absolute atomic E-state index is 13.1. The topological polar surface area (TPSA) is 64.4 Å². The highest BCUT2D eigenvalue weighted by atomic mass is 35.5. The standard InChI is InChI=1S/C23H24ClN3O3S/c1-2-30-13-5-11-27-22(29)18-9-8-17(24)14-19(18)25-23(27)31-15-21(28)26-12-10-16-6-3-4-7-20(16)26/h3-4,6-9,14H,2,5,10-13,15H2,1H3. The van der Waals surface area contributed by atoms with Crippen LogP contribution in [0.1, 0.15) is 18.9 Å². The molecule has 0 aliphatic carbocycles. The zero-order valence-corrected chi connectivity index (χ0v) is 18.9. The second kappa shape index (κ2) is 9.85. The van der Waals surface area contributed by atoms with E-state index in [1.807, 2.05) is 30.0 Å². The Bertz CT molecular complexity index is 1160. The number of anilines is 1. The highest BCUT2D eigenvalue weighted by Gasteiger charge is 2.24. The van der Waals surface area contributed by atoms with Gasteiger partial charge in [0.15, 0.2) is 5.16 Å². The molecule has 1 aliphatic rings. The molecule has 0 fully saturated rings. The fourth-order valence-corrected chi connectivity index (χ4v) is 4.82. The van der Waals surface area contributed by atoms with E-state index in [2.05, 4.69) is 11.1 Å². The van der Waals surface area contributed by atoms with Gasteiger partial charge in [-0.25, -0.2) is 4.98 Å². The molecule has 4 rings (SSSR count). The Morgan fingerprint density at radius 1 is 1.26 bits per heavy atom. The molecular formula is C23H24ClN3O3S. The molecule has 0 bridgehead atoms. The van der Waals surface area contributed by atoms with Crippen molar-refractivity contribution < 1.29 is 9.53 Å². The van der Waals surface area contributed by atoms with Gasteiger partial charge in [0.2, 0.25) is 5.91 Å². The Morgan fingerprint density at radius 2 is 2.10 bits per heavy atom. The molecule has 0 unspecified atom stereocenters. The number of nitrogens with zero attached hydrogens (tertiary/aromatic N) is 3. The number of hydrogen-bond donors (Lipinski definition) is 0. The van der Waals surface area contributed by atoms with E-state index in [0.29, 0.717) is 53.8 Å². The molecule has 31 heavy (non-hydrogen) atoms. The summed E-state index contributed by atoms with van der Waals surface area (Å²) in [6.07, 6.45) is 1.55. The number of para-hydroxylation sites is 1. The number of ether oxygens (including phenoxy) is 1. The summed E-state index contributed by atoms with van der Waals surface area (Å²) in [4.78, 5) is 32.5. The van der Waals surface area contributed by atoms with Gasteiger partial charge in [0, 0.05) is 37.0 Å². The maximum atomic E-state index is 13.1. The van der Waals surface area contributed by atoms with Crippen LogP contribution in [0.3, 0.4) is 0 Å². The van der Waals surface area contributed by atoms with E-state index in [0.717, 1.165) is 12.1 Å². The minimum Gasteiger partial charge on any atom is -0.382 e. The van der Waals surface area contributed by atoms with Gasteiger partial charge in [0.05, 0.1) is 16.7 Å². The van der Waals surface area contributed by atoms with Gasteiger partial charge >= 0.3 is 0 Å². The van der Waals surface area contributed by atoms with Gasteiger partial charge in [-0.2, -0.15) is 0 Å². The number of amides is 1. The zero-order valence-electron chi connectivity index (χ0n) is 17.3. The molecule has 6 nitrogen and oxygen atoms in total. The molecule has 0 N–H and O–H groups in total. The molecule has 2 heterocycles. The van der Waals surface area contributed by atoms with Gasteiger partial charge < -0.3 is 9.64 Å². The molecule has 1 aromatic heterocycles. The lowest BCUT2D eigenvalue weighted by Gasteiger charge is -2.18. The van der Waals surface area contributed by atoms with Crippen LogP contribution in [0.5, 0.6) is 0 Å². The number of rotatable bonds is 8. The predicted molar refractivity (Wildman–Crippen MR) is 125 cm³/mol. The molecular weight excluding hydrogens is 434 g/mol. The van der Waals surface area contributed by atoms with Gasteiger partial charge in [-0.1, -0.05) is 41.6 Å². The van der Waals surface area contributed by atoms with Gasteiger partial charge in [0.1, 0.15) is 0 Å². The molecule has 162 valence electrons. The number of hydrogen-bond acceptors (Lipinski definition) is 5. The summed E-state index contributed by atoms with van der Waals surface area (Å²) < 4.78 is 7.06. The molecule has 0 saturated heterocycles. The lowest BCUT2D eigenvalue weighted by molar-refractivity contribution is -0.116. The van der Waals surface area contributed by atoms with Crippen LogP contribution in [0.15, 0.2) is 52.4 Å². The van der Waals surface area contributed by atoms with Gasteiger partial charge in [-0.15, -0.1) is 0 Å². The Balaban J connectivity index is 1.58. The van der Waals surface area contributed by atoms with E-state index in [9.17, 15) is 9.59 Å². The summed E-state index contributed by atoms with van der Waals surface area (Å²) in [5.41, 5.74) is 2.58. The predicted octanol–water partition coefficient (Wildman–Crippen LogP) is 4.16. The van der Waals surface area contributed by atoms with Crippen molar-refractivity contribution in [2.75, 3.05) is 30.4 Å². The van der Waals surface area contributed by atoms with Gasteiger partial charge in [-0.3, -0.25) is 14.2 Å². The van der Waals surface area contributed by atoms with Crippen LogP contribution in [0, 0.1) is 0 Å². The SMILES string of the molecule is CCOCCCn1c(SCC(=O)N2CCc3ccccc32)nc2cc(Cl)ccc2c1=O. The third-order valence-electron chi connectivity index (χ3n) is 5.27. The van der Waals surface area contributed by atoms with Crippen molar-refractivity contribution >= 4 is 45.9 Å². The number of benzene rings is 2. The van der Waals surface area contributed by atoms with Crippen molar-refractivity contribution in [1.29, 1.82) is 0 Å². The number of aromatic nitrogens is 2. The molecule has 0 spiro atoms. The van der Waals surface area contributed by atoms with Crippen molar-refractivity contribution in [3.63, 3.8) is 0 Å². The first kappa shape index (κ1) is 21.9. The van der Waals surface area contributed by atoms with Crippen molar-refractivity contribution in [3.05, 3.63) is 63.4 Å². The first-order valence-corrected chi connectivity index (χ1v) is 11.7. The quantitative estimate of drug-likeness (QED) is 0.289. The second-order valence-electron chi connectivity index (χ2n) is 7.28. The third kappa shape index (κ3) is 4.79. The summed E-state index contributed by atoms with van der Waals surface area (Å²) in [5.74, 6) is 0.217. The molecule has 0 atom stereocenters. The van der Waals surface area contributed by atoms with Crippen LogP contribution in [-0.2, 0) is 22.5 Å². The van der Waals surface area contributed by atoms with Crippen LogP contribution >= 0.6 is 23.4 Å². The number of fused-ring (bicyclic) bond motifs is 2. The number of carbonyl (C=O) groups excluding carboxylic acids is 1. The normalized spacial score (nSPS) is 13.0. The Labute approximate surface area is 190 Å². The Morgan fingerprint density at radius 3 is 2.94 bits per heavy atom. The van der Waals surface area contributed by atoms with E-state index in [1.165, 1.54) is 17.3 Å². The van der Waals surface area contributed by atoms with Crippen molar-refractivity contribution in [3.8, 4) is 0 Å². The largest absolute Gasteiger partial charge is 0.382 e. The summed E-state index contributed by atoms with van der Waals surface area (Å²) in [6.45, 7) is 4.30. The smallest absolute Gasteiger partial charge is 0.262 e. The molecule has 8 heteroatoms. The van der Waals surface area contributed by atoms with Crippen molar-refractivity contribution in [1.82, 2.24) is 9.55 Å². The first-order valence-electron chi connectivity index (χ1n) is 10.4. The Hall–Kier alpha value is -2.35. The minimum atomic E-state index is -0.125. The van der Waals surface area contributed by atoms with Crippen molar-refractivity contribution in [2.24, 2.45) is 0 Å². The molecule has 2 aromatic carbocycles. The fraction of sp³-hybridized carbons (Fsp3) is 0.348. The lowest BCUT2D eigenvalue weighted by Crippen LogP contribution is -2.31. The molecule has 3 aromatic rings. The van der Waals surface area contributed by atoms with Crippen LogP contribution in [0.25, 0.3) is 10.9 Å². The maximum Gasteiger partial charge on any atom is 0.262 e. The van der Waals surface area contributed by atoms with E-state index in [-0.39, 0.29) is 17.2 Å². The molecule has 1 aliphatic heterocycles. The monoisotopic (exact) mass is 457 g/mol. The molecule has 0 saturated carbocycles.